The number of nitrogens with one attached hydrogen (secondary N) is 1. The molecule has 36 heavy (non-hydrogen) atoms. The molecule has 1 unspecified atom stereocenters. The Balaban J connectivity index is 1.96. The lowest BCUT2D eigenvalue weighted by atomic mass is 10.1. The van der Waals surface area contributed by atoms with Crippen LogP contribution in [0.15, 0.2) is 42.5 Å². The number of rotatable bonds is 9. The van der Waals surface area contributed by atoms with Crippen molar-refractivity contribution in [2.75, 3.05) is 23.4 Å². The summed E-state index contributed by atoms with van der Waals surface area (Å²) in [5, 5.41) is 3.32. The lowest BCUT2D eigenvalue weighted by Crippen LogP contribution is -2.54. The van der Waals surface area contributed by atoms with Crippen LogP contribution in [-0.2, 0) is 26.2 Å². The number of carbonyl (C=O) groups is 2. The van der Waals surface area contributed by atoms with Gasteiger partial charge in [0, 0.05) is 23.2 Å². The van der Waals surface area contributed by atoms with Gasteiger partial charge in [0.05, 0.1) is 11.4 Å². The minimum Gasteiger partial charge on any atom is -0.454 e. The van der Waals surface area contributed by atoms with E-state index < -0.39 is 34.1 Å². The minimum atomic E-state index is -3.85. The lowest BCUT2D eigenvalue weighted by Gasteiger charge is -2.33. The van der Waals surface area contributed by atoms with Crippen molar-refractivity contribution in [2.24, 2.45) is 0 Å². The third-order valence-corrected chi connectivity index (χ3v) is 7.70. The molecule has 2 amide bonds. The van der Waals surface area contributed by atoms with E-state index in [0.717, 1.165) is 4.31 Å². The van der Waals surface area contributed by atoms with E-state index >= 15 is 0 Å². The Kier molecular flexibility index (Phi) is 8.40. The first-order valence-electron chi connectivity index (χ1n) is 11.6. The van der Waals surface area contributed by atoms with Crippen molar-refractivity contribution in [3.05, 3.63) is 53.1 Å². The third-order valence-electron chi connectivity index (χ3n) is 5.59. The summed E-state index contributed by atoms with van der Waals surface area (Å²) in [6.07, 6.45) is 0. The smallest absolute Gasteiger partial charge is 0.244 e. The van der Waals surface area contributed by atoms with E-state index in [9.17, 15) is 18.0 Å². The number of nitrogens with zero attached hydrogens (tertiary/aromatic N) is 2. The molecule has 2 aromatic rings. The number of hydrogen-bond acceptors (Lipinski definition) is 6. The van der Waals surface area contributed by atoms with Crippen LogP contribution < -0.4 is 19.1 Å². The highest BCUT2D eigenvalue weighted by molar-refractivity contribution is 7.92. The van der Waals surface area contributed by atoms with E-state index in [0.29, 0.717) is 22.1 Å². The van der Waals surface area contributed by atoms with E-state index in [1.165, 1.54) is 17.9 Å². The molecule has 0 saturated carbocycles. The van der Waals surface area contributed by atoms with Gasteiger partial charge < -0.3 is 19.7 Å². The highest BCUT2D eigenvalue weighted by Crippen LogP contribution is 2.36. The molecule has 1 N–H and O–H groups in total. The summed E-state index contributed by atoms with van der Waals surface area (Å²) < 4.78 is 37.8. The quantitative estimate of drug-likeness (QED) is 0.524. The average molecular weight is 538 g/mol. The standard InChI is InChI=1S/C25H32ClN3O6S/c1-6-36(32,33)29(19-11-12-21-22(13-19)35-16-34-21)15-23(30)28(14-18-9-7-8-10-20(18)26)17(2)24(31)27-25(3,4)5/h7-13,17H,6,14-16H2,1-5H3,(H,27,31). The number of halogens is 1. The molecule has 0 saturated heterocycles. The van der Waals surface area contributed by atoms with Crippen LogP contribution in [0.3, 0.4) is 0 Å². The van der Waals surface area contributed by atoms with Gasteiger partial charge in [0.25, 0.3) is 0 Å². The van der Waals surface area contributed by atoms with E-state index in [2.05, 4.69) is 5.32 Å². The summed E-state index contributed by atoms with van der Waals surface area (Å²) in [5.74, 6) is -0.259. The molecule has 0 bridgehead atoms. The van der Waals surface area contributed by atoms with Gasteiger partial charge in [-0.15, -0.1) is 0 Å². The van der Waals surface area contributed by atoms with Crippen molar-refractivity contribution in [1.29, 1.82) is 0 Å². The fraction of sp³-hybridized carbons (Fsp3) is 0.440. The first kappa shape index (κ1) is 27.6. The highest BCUT2D eigenvalue weighted by atomic mass is 35.5. The van der Waals surface area contributed by atoms with Crippen molar-refractivity contribution < 1.29 is 27.5 Å². The molecule has 1 aliphatic heterocycles. The van der Waals surface area contributed by atoms with Crippen molar-refractivity contribution >= 4 is 39.1 Å². The summed E-state index contributed by atoms with van der Waals surface area (Å²) in [6, 6.07) is 10.8. The van der Waals surface area contributed by atoms with Gasteiger partial charge in [0.15, 0.2) is 11.5 Å². The van der Waals surface area contributed by atoms with Gasteiger partial charge in [-0.1, -0.05) is 29.8 Å². The minimum absolute atomic E-state index is 0.0262. The molecular formula is C25H32ClN3O6S. The molecule has 0 spiro atoms. The molecule has 0 aliphatic carbocycles. The van der Waals surface area contributed by atoms with E-state index in [1.807, 2.05) is 20.8 Å². The number of fused-ring (bicyclic) bond motifs is 1. The van der Waals surface area contributed by atoms with Gasteiger partial charge in [-0.05, 0) is 58.4 Å². The Labute approximate surface area is 217 Å². The molecule has 2 aromatic carbocycles. The maximum Gasteiger partial charge on any atom is 0.244 e. The van der Waals surface area contributed by atoms with Crippen molar-refractivity contribution in [3.63, 3.8) is 0 Å². The van der Waals surface area contributed by atoms with Gasteiger partial charge in [0.1, 0.15) is 12.6 Å². The van der Waals surface area contributed by atoms with E-state index in [4.69, 9.17) is 21.1 Å². The molecule has 0 fully saturated rings. The summed E-state index contributed by atoms with van der Waals surface area (Å²) in [7, 11) is -3.85. The normalized spacial score (nSPS) is 13.7. The second-order valence-electron chi connectivity index (χ2n) is 9.47. The van der Waals surface area contributed by atoms with Crippen molar-refractivity contribution in [2.45, 2.75) is 52.7 Å². The summed E-state index contributed by atoms with van der Waals surface area (Å²) in [6.45, 7) is 8.18. The predicted molar refractivity (Wildman–Crippen MR) is 139 cm³/mol. The second kappa shape index (κ2) is 11.0. The topological polar surface area (TPSA) is 105 Å². The number of sulfonamides is 1. The SMILES string of the molecule is CCS(=O)(=O)N(CC(=O)N(Cc1ccccc1Cl)C(C)C(=O)NC(C)(C)C)c1ccc2c(c1)OCO2. The van der Waals surface area contributed by atoms with Gasteiger partial charge in [-0.3, -0.25) is 13.9 Å². The molecule has 1 heterocycles. The van der Waals surface area contributed by atoms with Crippen LogP contribution in [-0.4, -0.2) is 55.8 Å². The van der Waals surface area contributed by atoms with Gasteiger partial charge >= 0.3 is 0 Å². The first-order chi connectivity index (χ1) is 16.8. The molecule has 1 atom stereocenters. The second-order valence-corrected chi connectivity index (χ2v) is 12.1. The Morgan fingerprint density at radius 1 is 1.11 bits per heavy atom. The zero-order valence-corrected chi connectivity index (χ0v) is 22.6. The zero-order valence-electron chi connectivity index (χ0n) is 21.1. The van der Waals surface area contributed by atoms with Crippen LogP contribution in [0.25, 0.3) is 0 Å². The largest absolute Gasteiger partial charge is 0.454 e. The molecule has 9 nitrogen and oxygen atoms in total. The molecule has 1 aliphatic rings. The Bertz CT molecular complexity index is 1230. The van der Waals surface area contributed by atoms with Crippen LogP contribution >= 0.6 is 11.6 Å². The molecule has 11 heteroatoms. The number of hydrogen-bond donors (Lipinski definition) is 1. The molecule has 0 aromatic heterocycles. The van der Waals surface area contributed by atoms with Crippen LogP contribution in [0.2, 0.25) is 5.02 Å². The van der Waals surface area contributed by atoms with Crippen molar-refractivity contribution in [1.82, 2.24) is 10.2 Å². The summed E-state index contributed by atoms with van der Waals surface area (Å²) in [5.41, 5.74) is 0.379. The zero-order chi connectivity index (χ0) is 26.7. The monoisotopic (exact) mass is 537 g/mol. The van der Waals surface area contributed by atoms with Crippen molar-refractivity contribution in [3.8, 4) is 11.5 Å². The molecule has 0 radical (unpaired) electrons. The number of ether oxygens (including phenoxy) is 2. The average Bonchev–Trinajstić information content (AvgIpc) is 3.28. The lowest BCUT2D eigenvalue weighted by molar-refractivity contribution is -0.140. The highest BCUT2D eigenvalue weighted by Gasteiger charge is 2.33. The summed E-state index contributed by atoms with van der Waals surface area (Å²) >= 11 is 6.34. The molecular weight excluding hydrogens is 506 g/mol. The maximum atomic E-state index is 13.7. The number of anilines is 1. The first-order valence-corrected chi connectivity index (χ1v) is 13.6. The van der Waals surface area contributed by atoms with Crippen LogP contribution in [0.4, 0.5) is 5.69 Å². The predicted octanol–water partition coefficient (Wildman–Crippen LogP) is 3.56. The fourth-order valence-electron chi connectivity index (χ4n) is 3.63. The fourth-order valence-corrected chi connectivity index (χ4v) is 4.88. The Morgan fingerprint density at radius 2 is 1.78 bits per heavy atom. The number of carbonyl (C=O) groups excluding carboxylic acids is 2. The van der Waals surface area contributed by atoms with Crippen LogP contribution in [0.1, 0.15) is 40.2 Å². The molecule has 3 rings (SSSR count). The van der Waals surface area contributed by atoms with Gasteiger partial charge in [-0.2, -0.15) is 0 Å². The van der Waals surface area contributed by atoms with Gasteiger partial charge in [-0.25, -0.2) is 8.42 Å². The summed E-state index contributed by atoms with van der Waals surface area (Å²) in [4.78, 5) is 28.0. The number of amides is 2. The van der Waals surface area contributed by atoms with E-state index in [1.54, 1.807) is 43.3 Å². The molecule has 196 valence electrons. The van der Waals surface area contributed by atoms with E-state index in [-0.39, 0.29) is 30.7 Å². The number of benzene rings is 2. The van der Waals surface area contributed by atoms with Crippen LogP contribution in [0, 0.1) is 0 Å². The third kappa shape index (κ3) is 6.61. The van der Waals surface area contributed by atoms with Gasteiger partial charge in [0.2, 0.25) is 28.6 Å². The van der Waals surface area contributed by atoms with Crippen LogP contribution in [0.5, 0.6) is 11.5 Å². The maximum absolute atomic E-state index is 13.7. The Morgan fingerprint density at radius 3 is 2.42 bits per heavy atom. The Hall–Kier alpha value is -2.98.